The van der Waals surface area contributed by atoms with E-state index >= 15 is 0 Å². The van der Waals surface area contributed by atoms with Crippen LogP contribution in [0.5, 0.6) is 0 Å². The first-order chi connectivity index (χ1) is 7.75. The quantitative estimate of drug-likeness (QED) is 0.622. The van der Waals surface area contributed by atoms with E-state index < -0.39 is 0 Å². The second kappa shape index (κ2) is 7.66. The van der Waals surface area contributed by atoms with Crippen LogP contribution < -0.4 is 11.1 Å². The molecule has 0 aromatic heterocycles. The summed E-state index contributed by atoms with van der Waals surface area (Å²) < 4.78 is 0. The average molecular weight is 226 g/mol. The third kappa shape index (κ3) is 4.52. The highest BCUT2D eigenvalue weighted by molar-refractivity contribution is 5.77. The fourth-order valence-electron chi connectivity index (χ4n) is 2.56. The lowest BCUT2D eigenvalue weighted by molar-refractivity contribution is -0.122. The molecule has 1 saturated heterocycles. The van der Waals surface area contributed by atoms with Gasteiger partial charge in [-0.05, 0) is 18.9 Å². The summed E-state index contributed by atoms with van der Waals surface area (Å²) in [6.45, 7) is 4.00. The Morgan fingerprint density at radius 2 is 1.88 bits per heavy atom. The maximum Gasteiger partial charge on any atom is 0.222 e. The zero-order valence-corrected chi connectivity index (χ0v) is 10.5. The second-order valence-electron chi connectivity index (χ2n) is 4.98. The van der Waals surface area contributed by atoms with Crippen LogP contribution in [0.3, 0.4) is 0 Å². The van der Waals surface area contributed by atoms with Gasteiger partial charge >= 0.3 is 0 Å². The Kier molecular flexibility index (Phi) is 6.46. The first kappa shape index (κ1) is 13.5. The van der Waals surface area contributed by atoms with Gasteiger partial charge in [-0.3, -0.25) is 4.79 Å². The molecule has 0 aliphatic carbocycles. The Labute approximate surface area is 99.2 Å². The molecule has 3 nitrogen and oxygen atoms in total. The maximum absolute atomic E-state index is 11.2. The van der Waals surface area contributed by atoms with Crippen LogP contribution >= 0.6 is 0 Å². The van der Waals surface area contributed by atoms with Crippen LogP contribution in [-0.2, 0) is 4.79 Å². The Morgan fingerprint density at radius 3 is 2.56 bits per heavy atom. The van der Waals surface area contributed by atoms with Crippen molar-refractivity contribution < 1.29 is 4.79 Å². The third-order valence-corrected chi connectivity index (χ3v) is 3.63. The normalized spacial score (nSPS) is 24.8. The topological polar surface area (TPSA) is 55.1 Å². The molecule has 3 N–H and O–H groups in total. The van der Waals surface area contributed by atoms with E-state index in [1.165, 1.54) is 38.5 Å². The molecule has 1 amide bonds. The molecule has 3 heteroatoms. The van der Waals surface area contributed by atoms with Crippen molar-refractivity contribution in [2.75, 3.05) is 13.1 Å². The van der Waals surface area contributed by atoms with Crippen LogP contribution in [0.15, 0.2) is 0 Å². The number of hydrogen-bond donors (Lipinski definition) is 2. The molecular formula is C13H26N2O. The number of rotatable bonds is 8. The Bertz CT molecular complexity index is 206. The van der Waals surface area contributed by atoms with Crippen molar-refractivity contribution in [1.29, 1.82) is 0 Å². The molecule has 1 rings (SSSR count). The maximum atomic E-state index is 11.2. The molecule has 0 radical (unpaired) electrons. The van der Waals surface area contributed by atoms with E-state index in [9.17, 15) is 4.79 Å². The van der Waals surface area contributed by atoms with Gasteiger partial charge in [-0.1, -0.05) is 45.4 Å². The Balaban J connectivity index is 2.05. The van der Waals surface area contributed by atoms with Crippen LogP contribution in [0.4, 0.5) is 0 Å². The molecule has 0 unspecified atom stereocenters. The Hall–Kier alpha value is -0.570. The number of carbonyl (C=O) groups is 1. The van der Waals surface area contributed by atoms with Gasteiger partial charge in [0.15, 0.2) is 0 Å². The van der Waals surface area contributed by atoms with Gasteiger partial charge in [0.1, 0.15) is 0 Å². The summed E-state index contributed by atoms with van der Waals surface area (Å²) in [7, 11) is 0. The molecule has 94 valence electrons. The fourth-order valence-corrected chi connectivity index (χ4v) is 2.56. The van der Waals surface area contributed by atoms with Crippen LogP contribution in [-0.4, -0.2) is 19.0 Å². The summed E-state index contributed by atoms with van der Waals surface area (Å²) in [5.41, 5.74) is 5.38. The molecule has 2 atom stereocenters. The minimum atomic E-state index is -0.124. The molecule has 0 spiro atoms. The summed E-state index contributed by atoms with van der Waals surface area (Å²) in [5.74, 6) is 0.445. The van der Waals surface area contributed by atoms with Crippen LogP contribution in [0, 0.1) is 11.8 Å². The van der Waals surface area contributed by atoms with Gasteiger partial charge in [-0.15, -0.1) is 0 Å². The molecule has 16 heavy (non-hydrogen) atoms. The second-order valence-corrected chi connectivity index (χ2v) is 4.98. The lowest BCUT2D eigenvalue weighted by Gasteiger charge is -2.14. The van der Waals surface area contributed by atoms with E-state index in [2.05, 4.69) is 12.2 Å². The van der Waals surface area contributed by atoms with Crippen LogP contribution in [0.25, 0.3) is 0 Å². The lowest BCUT2D eigenvalue weighted by Crippen LogP contribution is -2.29. The number of nitrogens with two attached hydrogens (primary N) is 1. The molecule has 0 bridgehead atoms. The summed E-state index contributed by atoms with van der Waals surface area (Å²) in [5, 5.41) is 3.26. The van der Waals surface area contributed by atoms with Crippen molar-refractivity contribution in [2.45, 2.75) is 51.9 Å². The van der Waals surface area contributed by atoms with E-state index in [0.29, 0.717) is 5.92 Å². The first-order valence-electron chi connectivity index (χ1n) is 6.75. The standard InChI is InChI=1S/C13H26N2O/c1-2-3-4-5-6-7-8-11-9-15-10-12(11)13(14)16/h11-12,15H,2-10H2,1H3,(H2,14,16)/t11-,12+/m0/s1. The number of unbranched alkanes of at least 4 members (excludes halogenated alkanes) is 5. The number of primary amides is 1. The van der Waals surface area contributed by atoms with E-state index in [1.54, 1.807) is 0 Å². The molecule has 0 saturated carbocycles. The zero-order chi connectivity index (χ0) is 11.8. The van der Waals surface area contributed by atoms with Crippen LogP contribution in [0.2, 0.25) is 0 Å². The Morgan fingerprint density at radius 1 is 1.19 bits per heavy atom. The smallest absolute Gasteiger partial charge is 0.222 e. The largest absolute Gasteiger partial charge is 0.369 e. The van der Waals surface area contributed by atoms with Crippen molar-refractivity contribution in [3.05, 3.63) is 0 Å². The summed E-state index contributed by atoms with van der Waals surface area (Å²) in [6.07, 6.45) is 9.08. The molecule has 1 heterocycles. The zero-order valence-electron chi connectivity index (χ0n) is 10.5. The predicted molar refractivity (Wildman–Crippen MR) is 67.0 cm³/mol. The minimum Gasteiger partial charge on any atom is -0.369 e. The number of carbonyl (C=O) groups excluding carboxylic acids is 1. The number of amides is 1. The minimum absolute atomic E-state index is 0.0793. The van der Waals surface area contributed by atoms with Crippen molar-refractivity contribution >= 4 is 5.91 Å². The highest BCUT2D eigenvalue weighted by Crippen LogP contribution is 2.22. The van der Waals surface area contributed by atoms with E-state index in [0.717, 1.165) is 19.5 Å². The molecule has 1 aliphatic heterocycles. The average Bonchev–Trinajstić information content (AvgIpc) is 2.71. The predicted octanol–water partition coefficient (Wildman–Crippen LogP) is 2.06. The van der Waals surface area contributed by atoms with Gasteiger partial charge in [0.05, 0.1) is 5.92 Å². The van der Waals surface area contributed by atoms with Gasteiger partial charge in [-0.25, -0.2) is 0 Å². The summed E-state index contributed by atoms with van der Waals surface area (Å²) in [4.78, 5) is 11.2. The molecule has 0 aromatic rings. The van der Waals surface area contributed by atoms with Crippen molar-refractivity contribution in [1.82, 2.24) is 5.32 Å². The first-order valence-corrected chi connectivity index (χ1v) is 6.75. The molecule has 1 aliphatic rings. The van der Waals surface area contributed by atoms with Crippen LogP contribution in [0.1, 0.15) is 51.9 Å². The van der Waals surface area contributed by atoms with Crippen molar-refractivity contribution in [3.63, 3.8) is 0 Å². The van der Waals surface area contributed by atoms with Gasteiger partial charge in [0.2, 0.25) is 5.91 Å². The summed E-state index contributed by atoms with van der Waals surface area (Å²) >= 11 is 0. The third-order valence-electron chi connectivity index (χ3n) is 3.63. The van der Waals surface area contributed by atoms with Gasteiger partial charge in [0, 0.05) is 6.54 Å². The number of hydrogen-bond acceptors (Lipinski definition) is 2. The van der Waals surface area contributed by atoms with Crippen molar-refractivity contribution in [3.8, 4) is 0 Å². The van der Waals surface area contributed by atoms with E-state index in [1.807, 2.05) is 0 Å². The highest BCUT2D eigenvalue weighted by Gasteiger charge is 2.30. The summed E-state index contributed by atoms with van der Waals surface area (Å²) in [6, 6.07) is 0. The fraction of sp³-hybridized carbons (Fsp3) is 0.923. The number of nitrogens with one attached hydrogen (secondary N) is 1. The SMILES string of the molecule is CCCCCCCC[C@H]1CNC[C@H]1C(N)=O. The van der Waals surface area contributed by atoms with Gasteiger partial charge in [-0.2, -0.15) is 0 Å². The van der Waals surface area contributed by atoms with Gasteiger partial charge < -0.3 is 11.1 Å². The van der Waals surface area contributed by atoms with E-state index in [-0.39, 0.29) is 11.8 Å². The highest BCUT2D eigenvalue weighted by atomic mass is 16.1. The molecular weight excluding hydrogens is 200 g/mol. The monoisotopic (exact) mass is 226 g/mol. The van der Waals surface area contributed by atoms with E-state index in [4.69, 9.17) is 5.73 Å². The van der Waals surface area contributed by atoms with Crippen molar-refractivity contribution in [2.24, 2.45) is 17.6 Å². The molecule has 0 aromatic carbocycles. The lowest BCUT2D eigenvalue weighted by atomic mass is 9.90. The molecule has 1 fully saturated rings. The van der Waals surface area contributed by atoms with Gasteiger partial charge in [0.25, 0.3) is 0 Å².